The van der Waals surface area contributed by atoms with Gasteiger partial charge in [0, 0.05) is 35.8 Å². The second kappa shape index (κ2) is 4.38. The van der Waals surface area contributed by atoms with Crippen molar-refractivity contribution in [3.8, 4) is 0 Å². The van der Waals surface area contributed by atoms with E-state index in [1.54, 1.807) is 0 Å². The maximum Gasteiger partial charge on any atom is 0.0429 e. The Hall–Kier alpha value is -0.380. The number of hydrogen-bond acceptors (Lipinski definition) is 3. The fourth-order valence-electron chi connectivity index (χ4n) is 3.09. The molecule has 1 aromatic rings. The zero-order valence-electron chi connectivity index (χ0n) is 9.90. The van der Waals surface area contributed by atoms with Gasteiger partial charge in [0.05, 0.1) is 0 Å². The summed E-state index contributed by atoms with van der Waals surface area (Å²) in [5.74, 6) is 3.00. The third-order valence-electron chi connectivity index (χ3n) is 4.05. The number of thioether (sulfide) groups is 1. The van der Waals surface area contributed by atoms with Gasteiger partial charge in [0.25, 0.3) is 0 Å². The van der Waals surface area contributed by atoms with Gasteiger partial charge in [-0.15, -0.1) is 0 Å². The van der Waals surface area contributed by atoms with Crippen LogP contribution in [0.4, 0.5) is 5.69 Å². The monoisotopic (exact) mass is 268 g/mol. The first kappa shape index (κ1) is 11.7. The number of fused-ring (bicyclic) bond motifs is 2. The van der Waals surface area contributed by atoms with Crippen molar-refractivity contribution in [3.63, 3.8) is 0 Å². The van der Waals surface area contributed by atoms with Crippen LogP contribution in [0.3, 0.4) is 0 Å². The summed E-state index contributed by atoms with van der Waals surface area (Å²) in [4.78, 5) is 2.38. The average Bonchev–Trinajstić information content (AvgIpc) is 2.36. The lowest BCUT2D eigenvalue weighted by molar-refractivity contribution is 0.347. The zero-order chi connectivity index (χ0) is 12.0. The van der Waals surface area contributed by atoms with E-state index < -0.39 is 0 Å². The SMILES string of the molecule is CN1c2cc(Cl)ccc2C(N)C2CSCCC21. The highest BCUT2D eigenvalue weighted by atomic mass is 35.5. The van der Waals surface area contributed by atoms with Gasteiger partial charge in [-0.3, -0.25) is 0 Å². The zero-order valence-corrected chi connectivity index (χ0v) is 11.5. The van der Waals surface area contributed by atoms with E-state index >= 15 is 0 Å². The maximum absolute atomic E-state index is 6.43. The molecule has 0 spiro atoms. The van der Waals surface area contributed by atoms with Crippen LogP contribution in [-0.2, 0) is 0 Å². The molecule has 3 atom stereocenters. The molecule has 1 fully saturated rings. The van der Waals surface area contributed by atoms with Crippen LogP contribution in [0.2, 0.25) is 5.02 Å². The van der Waals surface area contributed by atoms with Crippen molar-refractivity contribution in [2.24, 2.45) is 11.7 Å². The predicted molar refractivity (Wildman–Crippen MR) is 76.0 cm³/mol. The molecule has 92 valence electrons. The van der Waals surface area contributed by atoms with Crippen molar-refractivity contribution in [2.45, 2.75) is 18.5 Å². The molecule has 0 amide bonds. The number of nitrogens with two attached hydrogens (primary N) is 1. The summed E-state index contributed by atoms with van der Waals surface area (Å²) in [5, 5.41) is 0.798. The molecular formula is C13H17ClN2S. The third kappa shape index (κ3) is 1.85. The molecule has 2 heterocycles. The van der Waals surface area contributed by atoms with Crippen LogP contribution in [0.25, 0.3) is 0 Å². The lowest BCUT2D eigenvalue weighted by atomic mass is 9.81. The van der Waals surface area contributed by atoms with E-state index in [0.717, 1.165) is 5.02 Å². The summed E-state index contributed by atoms with van der Waals surface area (Å²) in [6.07, 6.45) is 1.23. The van der Waals surface area contributed by atoms with Gasteiger partial charge in [0.1, 0.15) is 0 Å². The molecule has 0 saturated carbocycles. The number of anilines is 1. The quantitative estimate of drug-likeness (QED) is 0.785. The molecule has 4 heteroatoms. The Labute approximate surface area is 112 Å². The lowest BCUT2D eigenvalue weighted by Crippen LogP contribution is -2.50. The van der Waals surface area contributed by atoms with Crippen molar-refractivity contribution in [2.75, 3.05) is 23.5 Å². The molecule has 2 N–H and O–H groups in total. The summed E-state index contributed by atoms with van der Waals surface area (Å²) in [6, 6.07) is 6.83. The third-order valence-corrected chi connectivity index (χ3v) is 5.43. The summed E-state index contributed by atoms with van der Waals surface area (Å²) in [7, 11) is 2.18. The number of rotatable bonds is 0. The van der Waals surface area contributed by atoms with Crippen molar-refractivity contribution >= 4 is 29.1 Å². The minimum Gasteiger partial charge on any atom is -0.371 e. The number of hydrogen-bond donors (Lipinski definition) is 1. The second-order valence-electron chi connectivity index (χ2n) is 4.93. The smallest absolute Gasteiger partial charge is 0.0429 e. The van der Waals surface area contributed by atoms with Gasteiger partial charge in [0.15, 0.2) is 0 Å². The minimum atomic E-state index is 0.163. The van der Waals surface area contributed by atoms with E-state index in [4.69, 9.17) is 17.3 Å². The first-order valence-corrected chi connectivity index (χ1v) is 7.57. The normalized spacial score (nSPS) is 31.9. The van der Waals surface area contributed by atoms with Crippen LogP contribution in [-0.4, -0.2) is 24.6 Å². The highest BCUT2D eigenvalue weighted by molar-refractivity contribution is 7.99. The minimum absolute atomic E-state index is 0.163. The molecule has 17 heavy (non-hydrogen) atoms. The highest BCUT2D eigenvalue weighted by Crippen LogP contribution is 2.44. The predicted octanol–water partition coefficient (Wildman–Crippen LogP) is 2.91. The fourth-order valence-corrected chi connectivity index (χ4v) is 4.53. The van der Waals surface area contributed by atoms with Crippen molar-refractivity contribution in [1.82, 2.24) is 0 Å². The Balaban J connectivity index is 2.07. The fraction of sp³-hybridized carbons (Fsp3) is 0.538. The van der Waals surface area contributed by atoms with E-state index in [1.807, 2.05) is 17.8 Å². The van der Waals surface area contributed by atoms with Gasteiger partial charge in [-0.1, -0.05) is 17.7 Å². The summed E-state index contributed by atoms with van der Waals surface area (Å²) < 4.78 is 0. The molecule has 2 aliphatic heterocycles. The number of nitrogens with zero attached hydrogens (tertiary/aromatic N) is 1. The van der Waals surface area contributed by atoms with E-state index in [-0.39, 0.29) is 6.04 Å². The molecule has 2 nitrogen and oxygen atoms in total. The van der Waals surface area contributed by atoms with Gasteiger partial charge >= 0.3 is 0 Å². The highest BCUT2D eigenvalue weighted by Gasteiger charge is 2.39. The standard InChI is InChI=1S/C13H17ClN2S/c1-16-11-4-5-17-7-10(11)13(15)9-3-2-8(14)6-12(9)16/h2-3,6,10-11,13H,4-5,7,15H2,1H3. The Morgan fingerprint density at radius 2 is 2.29 bits per heavy atom. The van der Waals surface area contributed by atoms with Crippen LogP contribution in [0, 0.1) is 5.92 Å². The average molecular weight is 269 g/mol. The second-order valence-corrected chi connectivity index (χ2v) is 6.52. The number of benzene rings is 1. The molecule has 1 saturated heterocycles. The molecule has 1 aromatic carbocycles. The molecule has 0 radical (unpaired) electrons. The molecular weight excluding hydrogens is 252 g/mol. The van der Waals surface area contributed by atoms with Gasteiger partial charge in [-0.2, -0.15) is 11.8 Å². The van der Waals surface area contributed by atoms with E-state index in [0.29, 0.717) is 12.0 Å². The van der Waals surface area contributed by atoms with Crippen molar-refractivity contribution in [3.05, 3.63) is 28.8 Å². The molecule has 0 bridgehead atoms. The Kier molecular flexibility index (Phi) is 3.01. The first-order chi connectivity index (χ1) is 8.18. The van der Waals surface area contributed by atoms with Gasteiger partial charge in [-0.05, 0) is 35.6 Å². The lowest BCUT2D eigenvalue weighted by Gasteiger charge is -2.47. The molecule has 3 rings (SSSR count). The Morgan fingerprint density at radius 3 is 3.12 bits per heavy atom. The first-order valence-electron chi connectivity index (χ1n) is 6.04. The van der Waals surface area contributed by atoms with Crippen LogP contribution in [0.15, 0.2) is 18.2 Å². The Bertz CT molecular complexity index is 437. The Morgan fingerprint density at radius 1 is 1.47 bits per heavy atom. The van der Waals surface area contributed by atoms with Crippen LogP contribution in [0.5, 0.6) is 0 Å². The van der Waals surface area contributed by atoms with Crippen LogP contribution < -0.4 is 10.6 Å². The van der Waals surface area contributed by atoms with Gasteiger partial charge in [-0.25, -0.2) is 0 Å². The molecule has 2 aliphatic rings. The van der Waals surface area contributed by atoms with Crippen molar-refractivity contribution < 1.29 is 0 Å². The number of halogens is 1. The van der Waals surface area contributed by atoms with E-state index in [2.05, 4.69) is 24.1 Å². The van der Waals surface area contributed by atoms with Gasteiger partial charge in [0.2, 0.25) is 0 Å². The van der Waals surface area contributed by atoms with Gasteiger partial charge < -0.3 is 10.6 Å². The maximum atomic E-state index is 6.43. The topological polar surface area (TPSA) is 29.3 Å². The van der Waals surface area contributed by atoms with Crippen LogP contribution in [0.1, 0.15) is 18.0 Å². The molecule has 0 aliphatic carbocycles. The summed E-state index contributed by atoms with van der Waals surface area (Å²) >= 11 is 8.12. The van der Waals surface area contributed by atoms with E-state index in [9.17, 15) is 0 Å². The largest absolute Gasteiger partial charge is 0.371 e. The van der Waals surface area contributed by atoms with E-state index in [1.165, 1.54) is 29.2 Å². The summed E-state index contributed by atoms with van der Waals surface area (Å²) in [5.41, 5.74) is 8.90. The van der Waals surface area contributed by atoms with Crippen molar-refractivity contribution in [1.29, 1.82) is 0 Å². The summed E-state index contributed by atoms with van der Waals surface area (Å²) in [6.45, 7) is 0. The molecule has 0 aromatic heterocycles. The van der Waals surface area contributed by atoms with Crippen LogP contribution >= 0.6 is 23.4 Å². The molecule has 3 unspecified atom stereocenters.